The van der Waals surface area contributed by atoms with Gasteiger partial charge in [0, 0.05) is 4.88 Å². The summed E-state index contributed by atoms with van der Waals surface area (Å²) in [5.41, 5.74) is 1.75. The van der Waals surface area contributed by atoms with E-state index >= 15 is 0 Å². The molecule has 1 heterocycles. The molecule has 1 aliphatic rings. The van der Waals surface area contributed by atoms with Crippen LogP contribution in [0.25, 0.3) is 0 Å². The third kappa shape index (κ3) is 3.26. The van der Waals surface area contributed by atoms with Gasteiger partial charge in [0.1, 0.15) is 5.00 Å². The molecule has 0 aliphatic heterocycles. The lowest BCUT2D eigenvalue weighted by Gasteiger charge is -2.29. The lowest BCUT2D eigenvalue weighted by Crippen LogP contribution is -2.21. The fourth-order valence-corrected chi connectivity index (χ4v) is 6.01. The number of sulfonamides is 1. The highest BCUT2D eigenvalue weighted by Gasteiger charge is 2.32. The van der Waals surface area contributed by atoms with Gasteiger partial charge in [0.25, 0.3) is 10.0 Å². The smallest absolute Gasteiger partial charge is 0.262 e. The van der Waals surface area contributed by atoms with Crippen molar-refractivity contribution < 1.29 is 13.2 Å². The van der Waals surface area contributed by atoms with Crippen molar-refractivity contribution in [2.24, 2.45) is 5.41 Å². The molecule has 0 spiro atoms. The molecule has 128 valence electrons. The quantitative estimate of drug-likeness (QED) is 0.825. The minimum absolute atomic E-state index is 0.0852. The standard InChI is InChI=1S/C18H21NO3S2/c1-12(20)16-14-9-10-18(2,3)11-15(14)23-17(16)19-24(21,22)13-7-5-4-6-8-13/h4-8,19H,9-11H2,1-3H3. The first-order chi connectivity index (χ1) is 11.2. The van der Waals surface area contributed by atoms with Crippen molar-refractivity contribution in [3.05, 3.63) is 46.3 Å². The van der Waals surface area contributed by atoms with Crippen LogP contribution in [-0.2, 0) is 22.9 Å². The summed E-state index contributed by atoms with van der Waals surface area (Å²) in [4.78, 5) is 13.5. The number of Topliss-reactive ketones (excluding diaryl/α,β-unsaturated/α-hetero) is 1. The Labute approximate surface area is 147 Å². The zero-order chi connectivity index (χ0) is 17.5. The van der Waals surface area contributed by atoms with E-state index in [0.29, 0.717) is 10.6 Å². The normalized spacial score (nSPS) is 16.5. The third-order valence-electron chi connectivity index (χ3n) is 4.41. The Hall–Kier alpha value is -1.66. The minimum Gasteiger partial charge on any atom is -0.294 e. The molecule has 4 nitrogen and oxygen atoms in total. The van der Waals surface area contributed by atoms with E-state index in [1.807, 2.05) is 0 Å². The van der Waals surface area contributed by atoms with E-state index in [9.17, 15) is 13.2 Å². The summed E-state index contributed by atoms with van der Waals surface area (Å²) < 4.78 is 27.8. The number of anilines is 1. The van der Waals surface area contributed by atoms with Crippen LogP contribution in [0.3, 0.4) is 0 Å². The average molecular weight is 364 g/mol. The van der Waals surface area contributed by atoms with Crippen molar-refractivity contribution in [2.75, 3.05) is 4.72 Å². The zero-order valence-electron chi connectivity index (χ0n) is 14.0. The first-order valence-electron chi connectivity index (χ1n) is 7.93. The van der Waals surface area contributed by atoms with Crippen LogP contribution in [0.4, 0.5) is 5.00 Å². The molecular weight excluding hydrogens is 342 g/mol. The van der Waals surface area contributed by atoms with Crippen LogP contribution in [-0.4, -0.2) is 14.2 Å². The van der Waals surface area contributed by atoms with Crippen LogP contribution in [0.5, 0.6) is 0 Å². The predicted octanol–water partition coefficient (Wildman–Crippen LogP) is 4.27. The van der Waals surface area contributed by atoms with Crippen LogP contribution in [0.15, 0.2) is 35.2 Å². The van der Waals surface area contributed by atoms with Crippen LogP contribution in [0.2, 0.25) is 0 Å². The summed E-state index contributed by atoms with van der Waals surface area (Å²) in [5, 5.41) is 0.453. The third-order valence-corrected chi connectivity index (χ3v) is 7.06. The monoisotopic (exact) mass is 363 g/mol. The molecule has 0 saturated heterocycles. The van der Waals surface area contributed by atoms with Crippen molar-refractivity contribution in [3.63, 3.8) is 0 Å². The number of benzene rings is 1. The Bertz CT molecular complexity index is 880. The number of fused-ring (bicyclic) bond motifs is 1. The fraction of sp³-hybridized carbons (Fsp3) is 0.389. The number of carbonyl (C=O) groups excluding carboxylic acids is 1. The number of carbonyl (C=O) groups is 1. The molecule has 1 aromatic carbocycles. The first-order valence-corrected chi connectivity index (χ1v) is 10.2. The summed E-state index contributed by atoms with van der Waals surface area (Å²) in [6.07, 6.45) is 2.70. The van der Waals surface area contributed by atoms with Crippen molar-refractivity contribution >= 4 is 32.1 Å². The number of hydrogen-bond donors (Lipinski definition) is 1. The molecular formula is C18H21NO3S2. The van der Waals surface area contributed by atoms with Crippen molar-refractivity contribution in [1.29, 1.82) is 0 Å². The molecule has 3 rings (SSSR count). The molecule has 1 aromatic heterocycles. The second-order valence-electron chi connectivity index (χ2n) is 7.02. The van der Waals surface area contributed by atoms with E-state index in [2.05, 4.69) is 18.6 Å². The first kappa shape index (κ1) is 17.2. The maximum Gasteiger partial charge on any atom is 0.262 e. The van der Waals surface area contributed by atoms with Gasteiger partial charge < -0.3 is 0 Å². The minimum atomic E-state index is -3.69. The molecule has 0 bridgehead atoms. The molecule has 0 amide bonds. The number of ketones is 1. The summed E-state index contributed by atoms with van der Waals surface area (Å²) >= 11 is 1.40. The fourth-order valence-electron chi connectivity index (χ4n) is 3.13. The Kier molecular flexibility index (Phi) is 4.30. The van der Waals surface area contributed by atoms with Gasteiger partial charge in [-0.3, -0.25) is 9.52 Å². The van der Waals surface area contributed by atoms with Gasteiger partial charge in [-0.05, 0) is 49.3 Å². The molecule has 0 unspecified atom stereocenters. The second kappa shape index (κ2) is 6.01. The summed E-state index contributed by atoms with van der Waals surface area (Å²) in [5.74, 6) is -0.0852. The SMILES string of the molecule is CC(=O)c1c(NS(=O)(=O)c2ccccc2)sc2c1CCC(C)(C)C2. The molecule has 24 heavy (non-hydrogen) atoms. The zero-order valence-corrected chi connectivity index (χ0v) is 15.7. The number of rotatable bonds is 4. The van der Waals surface area contributed by atoms with Crippen LogP contribution in [0.1, 0.15) is 48.0 Å². The molecule has 0 radical (unpaired) electrons. The lowest BCUT2D eigenvalue weighted by atomic mass is 9.76. The number of nitrogens with one attached hydrogen (secondary N) is 1. The molecule has 1 N–H and O–H groups in total. The van der Waals surface area contributed by atoms with Gasteiger partial charge in [0.05, 0.1) is 10.5 Å². The molecule has 0 saturated carbocycles. The topological polar surface area (TPSA) is 63.2 Å². The predicted molar refractivity (Wildman–Crippen MR) is 97.4 cm³/mol. The molecule has 0 fully saturated rings. The Balaban J connectivity index is 2.03. The van der Waals surface area contributed by atoms with Gasteiger partial charge in [-0.15, -0.1) is 11.3 Å². The average Bonchev–Trinajstić information content (AvgIpc) is 2.83. The van der Waals surface area contributed by atoms with E-state index in [4.69, 9.17) is 0 Å². The van der Waals surface area contributed by atoms with Gasteiger partial charge in [0.15, 0.2) is 5.78 Å². The Morgan fingerprint density at radius 2 is 1.88 bits per heavy atom. The van der Waals surface area contributed by atoms with E-state index in [1.165, 1.54) is 18.3 Å². The Morgan fingerprint density at radius 1 is 1.21 bits per heavy atom. The largest absolute Gasteiger partial charge is 0.294 e. The summed E-state index contributed by atoms with van der Waals surface area (Å²) in [6.45, 7) is 5.91. The maximum atomic E-state index is 12.6. The van der Waals surface area contributed by atoms with E-state index in [-0.39, 0.29) is 16.1 Å². The highest BCUT2D eigenvalue weighted by Crippen LogP contribution is 2.44. The number of hydrogen-bond acceptors (Lipinski definition) is 4. The highest BCUT2D eigenvalue weighted by molar-refractivity contribution is 7.93. The van der Waals surface area contributed by atoms with Crippen LogP contribution in [0, 0.1) is 5.41 Å². The summed E-state index contributed by atoms with van der Waals surface area (Å²) in [7, 11) is -3.69. The van der Waals surface area contributed by atoms with Gasteiger partial charge >= 0.3 is 0 Å². The number of thiophene rings is 1. The van der Waals surface area contributed by atoms with Gasteiger partial charge in [-0.2, -0.15) is 0 Å². The molecule has 2 aromatic rings. The summed E-state index contributed by atoms with van der Waals surface area (Å²) in [6, 6.07) is 8.23. The second-order valence-corrected chi connectivity index (χ2v) is 9.81. The maximum absolute atomic E-state index is 12.6. The van der Waals surface area contributed by atoms with Gasteiger partial charge in [-0.25, -0.2) is 8.42 Å². The van der Waals surface area contributed by atoms with Crippen molar-refractivity contribution in [1.82, 2.24) is 0 Å². The van der Waals surface area contributed by atoms with Gasteiger partial charge in [0.2, 0.25) is 0 Å². The highest BCUT2D eigenvalue weighted by atomic mass is 32.2. The van der Waals surface area contributed by atoms with Gasteiger partial charge in [-0.1, -0.05) is 32.0 Å². The van der Waals surface area contributed by atoms with E-state index in [1.54, 1.807) is 30.3 Å². The lowest BCUT2D eigenvalue weighted by molar-refractivity contribution is 0.101. The van der Waals surface area contributed by atoms with Crippen LogP contribution >= 0.6 is 11.3 Å². The van der Waals surface area contributed by atoms with Crippen LogP contribution < -0.4 is 4.72 Å². The molecule has 1 aliphatic carbocycles. The molecule has 0 atom stereocenters. The molecule has 6 heteroatoms. The van der Waals surface area contributed by atoms with E-state index in [0.717, 1.165) is 29.7 Å². The van der Waals surface area contributed by atoms with Crippen molar-refractivity contribution in [2.45, 2.75) is 44.9 Å². The van der Waals surface area contributed by atoms with Crippen molar-refractivity contribution in [3.8, 4) is 0 Å². The Morgan fingerprint density at radius 3 is 2.50 bits per heavy atom. The van der Waals surface area contributed by atoms with E-state index < -0.39 is 10.0 Å².